The monoisotopic (exact) mass is 227 g/mol. The van der Waals surface area contributed by atoms with Crippen molar-refractivity contribution in [1.82, 2.24) is 14.0 Å². The summed E-state index contributed by atoms with van der Waals surface area (Å²) in [4.78, 5) is 11.1. The standard InChI is InChI=1S/C7H16F2N3OP/c1-5-12(6-2)14(8,9)10(3)7(13)11(14)4/h5-6H2,1-4H3. The van der Waals surface area contributed by atoms with Gasteiger partial charge in [0, 0.05) is 0 Å². The van der Waals surface area contributed by atoms with Gasteiger partial charge in [0.2, 0.25) is 0 Å². The van der Waals surface area contributed by atoms with Crippen molar-refractivity contribution in [2.24, 2.45) is 0 Å². The second-order valence-corrected chi connectivity index (χ2v) is 6.59. The Bertz CT molecular complexity index is 254. The number of carbonyl (C=O) groups is 1. The molecule has 14 heavy (non-hydrogen) atoms. The van der Waals surface area contributed by atoms with Gasteiger partial charge < -0.3 is 0 Å². The molecule has 0 aliphatic carbocycles. The van der Waals surface area contributed by atoms with E-state index in [-0.39, 0.29) is 13.1 Å². The van der Waals surface area contributed by atoms with Gasteiger partial charge in [-0.15, -0.1) is 0 Å². The third kappa shape index (κ3) is 1.01. The number of urea groups is 1. The molecule has 1 heterocycles. The molecule has 0 unspecified atom stereocenters. The third-order valence-corrected chi connectivity index (χ3v) is 6.56. The van der Waals surface area contributed by atoms with Crippen LogP contribution in [-0.4, -0.2) is 47.2 Å². The average Bonchev–Trinajstić information content (AvgIpc) is 2.16. The van der Waals surface area contributed by atoms with Crippen molar-refractivity contribution in [3.8, 4) is 0 Å². The van der Waals surface area contributed by atoms with E-state index >= 15 is 0 Å². The Kier molecular flexibility index (Phi) is 2.49. The number of hydrogen-bond donors (Lipinski definition) is 0. The van der Waals surface area contributed by atoms with Gasteiger partial charge in [0.25, 0.3) is 0 Å². The maximum atomic E-state index is 14.3. The molecule has 2 amide bonds. The molecule has 0 aromatic carbocycles. The molecule has 1 fully saturated rings. The molecule has 84 valence electrons. The van der Waals surface area contributed by atoms with E-state index in [1.165, 1.54) is 14.1 Å². The van der Waals surface area contributed by atoms with Gasteiger partial charge in [0.15, 0.2) is 0 Å². The summed E-state index contributed by atoms with van der Waals surface area (Å²) < 4.78 is 30.9. The summed E-state index contributed by atoms with van der Waals surface area (Å²) in [6, 6.07) is -0.612. The van der Waals surface area contributed by atoms with Crippen molar-refractivity contribution < 1.29 is 13.2 Å². The molecule has 0 atom stereocenters. The zero-order valence-electron chi connectivity index (χ0n) is 8.87. The van der Waals surface area contributed by atoms with Crippen molar-refractivity contribution in [3.63, 3.8) is 0 Å². The molecule has 0 spiro atoms. The van der Waals surface area contributed by atoms with Gasteiger partial charge in [0.1, 0.15) is 0 Å². The van der Waals surface area contributed by atoms with E-state index in [9.17, 15) is 13.2 Å². The van der Waals surface area contributed by atoms with E-state index in [0.717, 1.165) is 4.67 Å². The van der Waals surface area contributed by atoms with Crippen molar-refractivity contribution in [2.45, 2.75) is 13.8 Å². The quantitative estimate of drug-likeness (QED) is 0.692. The molecule has 0 aromatic heterocycles. The van der Waals surface area contributed by atoms with Crippen molar-refractivity contribution in [1.29, 1.82) is 0 Å². The van der Waals surface area contributed by atoms with E-state index in [1.807, 2.05) is 0 Å². The van der Waals surface area contributed by atoms with E-state index < -0.39 is 13.7 Å². The van der Waals surface area contributed by atoms with Crippen LogP contribution in [0.4, 0.5) is 13.2 Å². The average molecular weight is 227 g/mol. The number of carbonyl (C=O) groups excluding carboxylic acids is 1. The number of hydrogen-bond acceptors (Lipinski definition) is 2. The Morgan fingerprint density at radius 3 is 1.86 bits per heavy atom. The summed E-state index contributed by atoms with van der Waals surface area (Å²) in [6.07, 6.45) is 0. The van der Waals surface area contributed by atoms with Crippen LogP contribution in [0.15, 0.2) is 0 Å². The molecule has 0 saturated carbocycles. The maximum absolute atomic E-state index is 14.3. The van der Waals surface area contributed by atoms with Crippen LogP contribution in [0, 0.1) is 0 Å². The molecular weight excluding hydrogens is 211 g/mol. The Labute approximate surface area is 82.8 Å². The SMILES string of the molecule is CCN(CC)P1(F)(F)N(C)C(=O)N1C. The van der Waals surface area contributed by atoms with Gasteiger partial charge in [-0.25, -0.2) is 0 Å². The fourth-order valence-electron chi connectivity index (χ4n) is 1.73. The van der Waals surface area contributed by atoms with Gasteiger partial charge in [-0.3, -0.25) is 0 Å². The van der Waals surface area contributed by atoms with Crippen LogP contribution < -0.4 is 0 Å². The topological polar surface area (TPSA) is 26.8 Å². The van der Waals surface area contributed by atoms with E-state index in [0.29, 0.717) is 9.34 Å². The minimum atomic E-state index is -5.22. The van der Waals surface area contributed by atoms with E-state index in [1.54, 1.807) is 13.8 Å². The molecule has 0 radical (unpaired) electrons. The third-order valence-electron chi connectivity index (χ3n) is 2.74. The summed E-state index contributed by atoms with van der Waals surface area (Å²) >= 11 is 0. The van der Waals surface area contributed by atoms with Gasteiger partial charge in [0.05, 0.1) is 0 Å². The molecule has 1 aliphatic heterocycles. The fraction of sp³-hybridized carbons (Fsp3) is 0.857. The summed E-state index contributed by atoms with van der Waals surface area (Å²) in [5.41, 5.74) is 0. The molecule has 1 rings (SSSR count). The Balaban J connectivity index is 3.07. The number of amides is 2. The van der Waals surface area contributed by atoms with Crippen LogP contribution in [0.3, 0.4) is 0 Å². The first-order valence-corrected chi connectivity index (χ1v) is 6.41. The molecule has 0 aromatic rings. The summed E-state index contributed by atoms with van der Waals surface area (Å²) in [7, 11) is -2.89. The second kappa shape index (κ2) is 3.00. The first-order chi connectivity index (χ1) is 6.30. The molecule has 4 nitrogen and oxygen atoms in total. The zero-order valence-corrected chi connectivity index (χ0v) is 9.76. The first kappa shape index (κ1) is 11.6. The van der Waals surface area contributed by atoms with Crippen LogP contribution in [0.25, 0.3) is 0 Å². The molecule has 0 bridgehead atoms. The Hall–Kier alpha value is -0.480. The van der Waals surface area contributed by atoms with Crippen LogP contribution in [0.1, 0.15) is 13.8 Å². The van der Waals surface area contributed by atoms with Crippen LogP contribution >= 0.6 is 7.68 Å². The van der Waals surface area contributed by atoms with Crippen molar-refractivity contribution in [3.05, 3.63) is 0 Å². The number of nitrogens with zero attached hydrogens (tertiary/aromatic N) is 3. The fourth-order valence-corrected chi connectivity index (χ4v) is 4.53. The summed E-state index contributed by atoms with van der Waals surface area (Å²) in [5.74, 6) is 0. The van der Waals surface area contributed by atoms with E-state index in [4.69, 9.17) is 0 Å². The normalized spacial score (nSPS) is 27.1. The molecular formula is C7H16F2N3OP. The van der Waals surface area contributed by atoms with Crippen LogP contribution in [0.5, 0.6) is 0 Å². The summed E-state index contributed by atoms with van der Waals surface area (Å²) in [6.45, 7) is 3.82. The van der Waals surface area contributed by atoms with Gasteiger partial charge in [-0.05, 0) is 0 Å². The van der Waals surface area contributed by atoms with Crippen molar-refractivity contribution in [2.75, 3.05) is 27.2 Å². The minimum absolute atomic E-state index is 0.239. The number of rotatable bonds is 3. The molecule has 7 heteroatoms. The van der Waals surface area contributed by atoms with Crippen LogP contribution in [-0.2, 0) is 0 Å². The number of halogens is 2. The van der Waals surface area contributed by atoms with Gasteiger partial charge >= 0.3 is 81.9 Å². The predicted molar refractivity (Wildman–Crippen MR) is 53.0 cm³/mol. The van der Waals surface area contributed by atoms with Crippen LogP contribution in [0.2, 0.25) is 0 Å². The Morgan fingerprint density at radius 1 is 1.21 bits per heavy atom. The van der Waals surface area contributed by atoms with Gasteiger partial charge in [-0.2, -0.15) is 0 Å². The first-order valence-electron chi connectivity index (χ1n) is 4.53. The van der Waals surface area contributed by atoms with Crippen molar-refractivity contribution >= 4 is 13.7 Å². The summed E-state index contributed by atoms with van der Waals surface area (Å²) in [5, 5.41) is 0. The Morgan fingerprint density at radius 2 is 1.57 bits per heavy atom. The second-order valence-electron chi connectivity index (χ2n) is 3.25. The van der Waals surface area contributed by atoms with E-state index in [2.05, 4.69) is 0 Å². The van der Waals surface area contributed by atoms with Gasteiger partial charge in [-0.1, -0.05) is 0 Å². The zero-order chi connectivity index (χ0) is 11.2. The predicted octanol–water partition coefficient (Wildman–Crippen LogP) is 2.39. The molecule has 1 aliphatic rings. The molecule has 1 saturated heterocycles. The molecule has 0 N–H and O–H groups in total.